The zero-order chi connectivity index (χ0) is 9.84. The summed E-state index contributed by atoms with van der Waals surface area (Å²) in [5.41, 5.74) is 6.34. The number of methoxy groups -OCH3 is 1. The molecule has 0 saturated carbocycles. The first kappa shape index (κ1) is 10.3. The van der Waals surface area contributed by atoms with Crippen LogP contribution in [0.5, 0.6) is 5.75 Å². The highest BCUT2D eigenvalue weighted by atomic mass is 35.5. The molecule has 0 aliphatic heterocycles. The standard InChI is InChI=1S/C9H12ClNO2/c1-13-6-2-3-7(8(10)4-6)9(11)5-12/h2-4,9,12H,5,11H2,1H3/t9-/m1/s1. The number of rotatable bonds is 3. The summed E-state index contributed by atoms with van der Waals surface area (Å²) in [6, 6.07) is 4.75. The van der Waals surface area contributed by atoms with Crippen LogP contribution in [0.2, 0.25) is 5.02 Å². The highest BCUT2D eigenvalue weighted by Crippen LogP contribution is 2.25. The molecule has 0 heterocycles. The highest BCUT2D eigenvalue weighted by Gasteiger charge is 2.09. The van der Waals surface area contributed by atoms with Crippen molar-refractivity contribution in [3.05, 3.63) is 28.8 Å². The summed E-state index contributed by atoms with van der Waals surface area (Å²) in [4.78, 5) is 0. The van der Waals surface area contributed by atoms with E-state index in [1.807, 2.05) is 0 Å². The van der Waals surface area contributed by atoms with Crippen molar-refractivity contribution in [1.29, 1.82) is 0 Å². The molecule has 1 atom stereocenters. The van der Waals surface area contributed by atoms with E-state index in [9.17, 15) is 0 Å². The molecule has 0 aromatic heterocycles. The topological polar surface area (TPSA) is 55.5 Å². The van der Waals surface area contributed by atoms with Crippen LogP contribution in [0.3, 0.4) is 0 Å². The number of benzene rings is 1. The molecule has 0 amide bonds. The Labute approximate surface area is 82.1 Å². The quantitative estimate of drug-likeness (QED) is 0.776. The lowest BCUT2D eigenvalue weighted by Gasteiger charge is -2.11. The predicted molar refractivity (Wildman–Crippen MR) is 52.0 cm³/mol. The highest BCUT2D eigenvalue weighted by molar-refractivity contribution is 6.31. The molecule has 3 nitrogen and oxygen atoms in total. The van der Waals surface area contributed by atoms with Crippen LogP contribution >= 0.6 is 11.6 Å². The Morgan fingerprint density at radius 2 is 2.31 bits per heavy atom. The third kappa shape index (κ3) is 2.34. The van der Waals surface area contributed by atoms with Gasteiger partial charge in [0, 0.05) is 5.02 Å². The van der Waals surface area contributed by atoms with Gasteiger partial charge in [-0.2, -0.15) is 0 Å². The van der Waals surface area contributed by atoms with Crippen molar-refractivity contribution in [2.75, 3.05) is 13.7 Å². The average molecular weight is 202 g/mol. The van der Waals surface area contributed by atoms with Crippen LogP contribution in [0.25, 0.3) is 0 Å². The molecule has 0 aliphatic rings. The van der Waals surface area contributed by atoms with Gasteiger partial charge in [-0.25, -0.2) is 0 Å². The number of hydrogen-bond donors (Lipinski definition) is 2. The van der Waals surface area contributed by atoms with E-state index in [0.717, 1.165) is 5.56 Å². The van der Waals surface area contributed by atoms with Crippen molar-refractivity contribution < 1.29 is 9.84 Å². The maximum Gasteiger partial charge on any atom is 0.120 e. The third-order valence-corrected chi connectivity index (χ3v) is 2.13. The average Bonchev–Trinajstić information content (AvgIpc) is 2.16. The minimum Gasteiger partial charge on any atom is -0.497 e. The smallest absolute Gasteiger partial charge is 0.120 e. The first-order chi connectivity index (χ1) is 6.19. The van der Waals surface area contributed by atoms with Crippen LogP contribution in [-0.2, 0) is 0 Å². The minimum atomic E-state index is -0.432. The number of ether oxygens (including phenoxy) is 1. The van der Waals surface area contributed by atoms with Gasteiger partial charge >= 0.3 is 0 Å². The third-order valence-electron chi connectivity index (χ3n) is 1.80. The van der Waals surface area contributed by atoms with E-state index in [0.29, 0.717) is 10.8 Å². The SMILES string of the molecule is COc1ccc([C@H](N)CO)c(Cl)c1. The van der Waals surface area contributed by atoms with E-state index in [1.54, 1.807) is 25.3 Å². The van der Waals surface area contributed by atoms with Gasteiger partial charge in [-0.3, -0.25) is 0 Å². The predicted octanol–water partition coefficient (Wildman–Crippen LogP) is 1.34. The second kappa shape index (κ2) is 4.46. The summed E-state index contributed by atoms with van der Waals surface area (Å²) < 4.78 is 4.98. The lowest BCUT2D eigenvalue weighted by Crippen LogP contribution is -2.14. The second-order valence-electron chi connectivity index (χ2n) is 2.68. The van der Waals surface area contributed by atoms with E-state index in [1.165, 1.54) is 0 Å². The number of halogens is 1. The van der Waals surface area contributed by atoms with E-state index < -0.39 is 6.04 Å². The molecule has 1 rings (SSSR count). The molecule has 0 fully saturated rings. The first-order valence-electron chi connectivity index (χ1n) is 3.89. The summed E-state index contributed by atoms with van der Waals surface area (Å²) in [6.07, 6.45) is 0. The summed E-state index contributed by atoms with van der Waals surface area (Å²) in [5, 5.41) is 9.34. The largest absolute Gasteiger partial charge is 0.497 e. The molecule has 1 aromatic rings. The van der Waals surface area contributed by atoms with Gasteiger partial charge in [0.2, 0.25) is 0 Å². The Hall–Kier alpha value is -0.770. The van der Waals surface area contributed by atoms with Gasteiger partial charge in [-0.05, 0) is 17.7 Å². The molecule has 72 valence electrons. The number of aliphatic hydroxyl groups excluding tert-OH is 1. The molecule has 3 N–H and O–H groups in total. The van der Waals surface area contributed by atoms with Crippen molar-refractivity contribution >= 4 is 11.6 Å². The fraction of sp³-hybridized carbons (Fsp3) is 0.333. The Bertz CT molecular complexity index is 291. The summed E-state index contributed by atoms with van der Waals surface area (Å²) >= 11 is 5.91. The van der Waals surface area contributed by atoms with Crippen molar-refractivity contribution in [3.8, 4) is 5.75 Å². The molecular weight excluding hydrogens is 190 g/mol. The van der Waals surface area contributed by atoms with Crippen molar-refractivity contribution in [2.24, 2.45) is 5.73 Å². The van der Waals surface area contributed by atoms with Crippen molar-refractivity contribution in [3.63, 3.8) is 0 Å². The van der Waals surface area contributed by atoms with E-state index >= 15 is 0 Å². The fourth-order valence-electron chi connectivity index (χ4n) is 1.03. The van der Waals surface area contributed by atoms with Gasteiger partial charge in [-0.15, -0.1) is 0 Å². The van der Waals surface area contributed by atoms with Gasteiger partial charge in [0.25, 0.3) is 0 Å². The second-order valence-corrected chi connectivity index (χ2v) is 3.08. The van der Waals surface area contributed by atoms with E-state index in [-0.39, 0.29) is 6.61 Å². The lowest BCUT2D eigenvalue weighted by molar-refractivity contribution is 0.268. The molecule has 1 aromatic carbocycles. The van der Waals surface area contributed by atoms with Crippen LogP contribution in [-0.4, -0.2) is 18.8 Å². The lowest BCUT2D eigenvalue weighted by atomic mass is 10.1. The molecular formula is C9H12ClNO2. The summed E-state index contributed by atoms with van der Waals surface area (Å²) in [7, 11) is 1.57. The number of aliphatic hydroxyl groups is 1. The van der Waals surface area contributed by atoms with Gasteiger partial charge in [-0.1, -0.05) is 17.7 Å². The maximum atomic E-state index is 8.82. The van der Waals surface area contributed by atoms with Gasteiger partial charge < -0.3 is 15.6 Å². The summed E-state index contributed by atoms with van der Waals surface area (Å²) in [5.74, 6) is 0.680. The number of hydrogen-bond acceptors (Lipinski definition) is 3. The van der Waals surface area contributed by atoms with Gasteiger partial charge in [0.1, 0.15) is 5.75 Å². The zero-order valence-corrected chi connectivity index (χ0v) is 8.08. The zero-order valence-electron chi connectivity index (χ0n) is 7.33. The van der Waals surface area contributed by atoms with Crippen molar-refractivity contribution in [2.45, 2.75) is 6.04 Å². The molecule has 0 saturated heterocycles. The summed E-state index contributed by atoms with van der Waals surface area (Å²) in [6.45, 7) is -0.119. The fourth-order valence-corrected chi connectivity index (χ4v) is 1.34. The molecule has 0 unspecified atom stereocenters. The minimum absolute atomic E-state index is 0.119. The molecule has 0 radical (unpaired) electrons. The Morgan fingerprint density at radius 1 is 1.62 bits per heavy atom. The molecule has 0 aliphatic carbocycles. The normalized spacial score (nSPS) is 12.6. The van der Waals surface area contributed by atoms with Crippen LogP contribution in [0.15, 0.2) is 18.2 Å². The van der Waals surface area contributed by atoms with Crippen LogP contribution in [0.1, 0.15) is 11.6 Å². The first-order valence-corrected chi connectivity index (χ1v) is 4.26. The van der Waals surface area contributed by atoms with E-state index in [2.05, 4.69) is 0 Å². The van der Waals surface area contributed by atoms with Crippen LogP contribution < -0.4 is 10.5 Å². The van der Waals surface area contributed by atoms with Gasteiger partial charge in [0.15, 0.2) is 0 Å². The Balaban J connectivity index is 2.98. The van der Waals surface area contributed by atoms with Crippen molar-refractivity contribution in [1.82, 2.24) is 0 Å². The molecule has 13 heavy (non-hydrogen) atoms. The maximum absolute atomic E-state index is 8.82. The molecule has 0 spiro atoms. The monoisotopic (exact) mass is 201 g/mol. The molecule has 0 bridgehead atoms. The van der Waals surface area contributed by atoms with Crippen LogP contribution in [0, 0.1) is 0 Å². The Kier molecular flexibility index (Phi) is 3.54. The van der Waals surface area contributed by atoms with E-state index in [4.69, 9.17) is 27.2 Å². The van der Waals surface area contributed by atoms with Gasteiger partial charge in [0.05, 0.1) is 19.8 Å². The molecule has 4 heteroatoms. The van der Waals surface area contributed by atoms with Crippen LogP contribution in [0.4, 0.5) is 0 Å². The number of nitrogens with two attached hydrogens (primary N) is 1. The Morgan fingerprint density at radius 3 is 2.77 bits per heavy atom.